The number of sulfonamides is 1. The molecule has 2 rings (SSSR count). The van der Waals surface area contributed by atoms with Crippen LogP contribution in [0.1, 0.15) is 39.3 Å². The largest absolute Gasteiger partial charge is 0.336 e. The molecule has 1 aromatic rings. The minimum Gasteiger partial charge on any atom is -0.336 e. The van der Waals surface area contributed by atoms with Crippen molar-refractivity contribution in [2.45, 2.75) is 44.7 Å². The quantitative estimate of drug-likeness (QED) is 0.690. The summed E-state index contributed by atoms with van der Waals surface area (Å²) in [4.78, 5) is 25.4. The van der Waals surface area contributed by atoms with Crippen LogP contribution in [0.5, 0.6) is 0 Å². The number of rotatable bonds is 8. The Balaban J connectivity index is 2.06. The zero-order chi connectivity index (χ0) is 20.2. The van der Waals surface area contributed by atoms with Gasteiger partial charge in [0.05, 0.1) is 10.9 Å². The van der Waals surface area contributed by atoms with Gasteiger partial charge in [-0.05, 0) is 31.5 Å². The summed E-state index contributed by atoms with van der Waals surface area (Å²) in [5.74, 6) is -0.280. The van der Waals surface area contributed by atoms with Gasteiger partial charge in [0, 0.05) is 32.2 Å². The van der Waals surface area contributed by atoms with Gasteiger partial charge in [0.25, 0.3) is 0 Å². The Hall–Kier alpha value is -1.97. The van der Waals surface area contributed by atoms with Gasteiger partial charge in [-0.2, -0.15) is 4.31 Å². The second kappa shape index (κ2) is 8.81. The molecule has 0 saturated carbocycles. The van der Waals surface area contributed by atoms with E-state index in [9.17, 15) is 18.0 Å². The number of carbonyl (C=O) groups excluding carboxylic acids is 2. The van der Waals surface area contributed by atoms with Gasteiger partial charge in [-0.3, -0.25) is 15.0 Å². The van der Waals surface area contributed by atoms with Gasteiger partial charge in [0.15, 0.2) is 0 Å². The standard InChI is InChI=1S/C18H28N4O4S/c1-5-21(6-2)27(25,26)16-9-7-15(8-10-16)13(3)20-14(4)17(23)22-12-11-19-18(22)24/h7-10,13-14,20H,5-6,11-12H2,1-4H3,(H,19,24)/t13-,14+/m0/s1. The van der Waals surface area contributed by atoms with E-state index in [-0.39, 0.29) is 22.9 Å². The van der Waals surface area contributed by atoms with E-state index in [0.29, 0.717) is 26.2 Å². The Morgan fingerprint density at radius 1 is 1.22 bits per heavy atom. The second-order valence-electron chi connectivity index (χ2n) is 6.49. The number of imide groups is 1. The van der Waals surface area contributed by atoms with Crippen LogP contribution in [0.2, 0.25) is 0 Å². The Labute approximate surface area is 161 Å². The van der Waals surface area contributed by atoms with Crippen molar-refractivity contribution in [1.82, 2.24) is 19.8 Å². The first kappa shape index (κ1) is 21.3. The van der Waals surface area contributed by atoms with E-state index in [1.54, 1.807) is 45.0 Å². The number of nitrogens with zero attached hydrogens (tertiary/aromatic N) is 2. The molecule has 0 spiro atoms. The molecule has 150 valence electrons. The third-order valence-electron chi connectivity index (χ3n) is 4.72. The lowest BCUT2D eigenvalue weighted by atomic mass is 10.1. The van der Waals surface area contributed by atoms with Gasteiger partial charge in [0.1, 0.15) is 0 Å². The molecular weight excluding hydrogens is 368 g/mol. The molecule has 2 N–H and O–H groups in total. The van der Waals surface area contributed by atoms with Crippen LogP contribution in [0.25, 0.3) is 0 Å². The molecule has 1 saturated heterocycles. The molecule has 8 nitrogen and oxygen atoms in total. The maximum absolute atomic E-state index is 12.5. The Morgan fingerprint density at radius 2 is 1.81 bits per heavy atom. The Morgan fingerprint density at radius 3 is 2.30 bits per heavy atom. The van der Waals surface area contributed by atoms with Crippen molar-refractivity contribution < 1.29 is 18.0 Å². The lowest BCUT2D eigenvalue weighted by molar-refractivity contribution is -0.129. The second-order valence-corrected chi connectivity index (χ2v) is 8.43. The minimum absolute atomic E-state index is 0.181. The highest BCUT2D eigenvalue weighted by molar-refractivity contribution is 7.89. The van der Waals surface area contributed by atoms with E-state index >= 15 is 0 Å². The highest BCUT2D eigenvalue weighted by Crippen LogP contribution is 2.20. The molecule has 1 heterocycles. The smallest absolute Gasteiger partial charge is 0.324 e. The number of amides is 3. The molecule has 0 bridgehead atoms. The molecule has 1 aromatic carbocycles. The van der Waals surface area contributed by atoms with Crippen molar-refractivity contribution in [3.8, 4) is 0 Å². The fourth-order valence-corrected chi connectivity index (χ4v) is 4.56. The van der Waals surface area contributed by atoms with E-state index in [1.807, 2.05) is 6.92 Å². The molecular formula is C18H28N4O4S. The van der Waals surface area contributed by atoms with Gasteiger partial charge >= 0.3 is 6.03 Å². The lowest BCUT2D eigenvalue weighted by Crippen LogP contribution is -2.46. The summed E-state index contributed by atoms with van der Waals surface area (Å²) in [6.45, 7) is 8.89. The van der Waals surface area contributed by atoms with E-state index in [4.69, 9.17) is 0 Å². The molecule has 0 radical (unpaired) electrons. The maximum atomic E-state index is 12.5. The van der Waals surface area contributed by atoms with Crippen LogP contribution in [0.3, 0.4) is 0 Å². The molecule has 0 aromatic heterocycles. The topological polar surface area (TPSA) is 98.8 Å². The summed E-state index contributed by atoms with van der Waals surface area (Å²) in [5, 5.41) is 5.77. The Kier molecular flexibility index (Phi) is 6.96. The molecule has 1 fully saturated rings. The van der Waals surface area contributed by atoms with Crippen LogP contribution in [-0.4, -0.2) is 61.8 Å². The first-order chi connectivity index (χ1) is 12.7. The molecule has 2 atom stereocenters. The monoisotopic (exact) mass is 396 g/mol. The van der Waals surface area contributed by atoms with Crippen molar-refractivity contribution >= 4 is 22.0 Å². The van der Waals surface area contributed by atoms with Gasteiger partial charge in [-0.1, -0.05) is 26.0 Å². The number of nitrogens with one attached hydrogen (secondary N) is 2. The third-order valence-corrected chi connectivity index (χ3v) is 6.78. The van der Waals surface area contributed by atoms with Crippen molar-refractivity contribution in [2.24, 2.45) is 0 Å². The third kappa shape index (κ3) is 4.66. The number of hydrogen-bond acceptors (Lipinski definition) is 5. The molecule has 1 aliphatic rings. The maximum Gasteiger partial charge on any atom is 0.324 e. The summed E-state index contributed by atoms with van der Waals surface area (Å²) >= 11 is 0. The van der Waals surface area contributed by atoms with E-state index in [0.717, 1.165) is 5.56 Å². The average molecular weight is 397 g/mol. The normalized spacial score (nSPS) is 17.1. The van der Waals surface area contributed by atoms with Gasteiger partial charge in [-0.15, -0.1) is 0 Å². The molecule has 0 aliphatic carbocycles. The molecule has 1 aliphatic heterocycles. The van der Waals surface area contributed by atoms with Crippen molar-refractivity contribution in [3.63, 3.8) is 0 Å². The highest BCUT2D eigenvalue weighted by atomic mass is 32.2. The zero-order valence-corrected chi connectivity index (χ0v) is 17.0. The van der Waals surface area contributed by atoms with E-state index in [2.05, 4.69) is 10.6 Å². The average Bonchev–Trinajstić information content (AvgIpc) is 3.07. The highest BCUT2D eigenvalue weighted by Gasteiger charge is 2.30. The van der Waals surface area contributed by atoms with Gasteiger partial charge in [0.2, 0.25) is 15.9 Å². The fraction of sp³-hybridized carbons (Fsp3) is 0.556. The Bertz CT molecular complexity index is 775. The van der Waals surface area contributed by atoms with Gasteiger partial charge in [-0.25, -0.2) is 13.2 Å². The van der Waals surface area contributed by atoms with Crippen molar-refractivity contribution in [3.05, 3.63) is 29.8 Å². The van der Waals surface area contributed by atoms with Crippen LogP contribution >= 0.6 is 0 Å². The first-order valence-corrected chi connectivity index (χ1v) is 10.6. The van der Waals surface area contributed by atoms with Crippen LogP contribution in [-0.2, 0) is 14.8 Å². The lowest BCUT2D eigenvalue weighted by Gasteiger charge is -2.23. The summed E-state index contributed by atoms with van der Waals surface area (Å²) in [7, 11) is -3.49. The number of urea groups is 1. The van der Waals surface area contributed by atoms with Crippen LogP contribution in [0.4, 0.5) is 4.79 Å². The predicted molar refractivity (Wildman–Crippen MR) is 103 cm³/mol. The molecule has 27 heavy (non-hydrogen) atoms. The van der Waals surface area contributed by atoms with Crippen LogP contribution in [0.15, 0.2) is 29.2 Å². The van der Waals surface area contributed by atoms with Crippen molar-refractivity contribution in [1.29, 1.82) is 0 Å². The fourth-order valence-electron chi connectivity index (χ4n) is 3.10. The minimum atomic E-state index is -3.49. The number of carbonyl (C=O) groups is 2. The number of benzene rings is 1. The summed E-state index contributed by atoms with van der Waals surface area (Å²) in [6.07, 6.45) is 0. The molecule has 0 unspecified atom stereocenters. The number of hydrogen-bond donors (Lipinski definition) is 2. The van der Waals surface area contributed by atoms with Crippen molar-refractivity contribution in [2.75, 3.05) is 26.2 Å². The van der Waals surface area contributed by atoms with Crippen LogP contribution in [0, 0.1) is 0 Å². The van der Waals surface area contributed by atoms with E-state index in [1.165, 1.54) is 9.21 Å². The SMILES string of the molecule is CCN(CC)S(=O)(=O)c1ccc([C@H](C)N[C@H](C)C(=O)N2CCNC2=O)cc1. The van der Waals surface area contributed by atoms with Crippen LogP contribution < -0.4 is 10.6 Å². The summed E-state index contributed by atoms with van der Waals surface area (Å²) < 4.78 is 26.5. The zero-order valence-electron chi connectivity index (χ0n) is 16.2. The van der Waals surface area contributed by atoms with Gasteiger partial charge < -0.3 is 5.32 Å². The molecule has 3 amide bonds. The summed E-state index contributed by atoms with van der Waals surface area (Å²) in [5.41, 5.74) is 0.860. The first-order valence-electron chi connectivity index (χ1n) is 9.17. The van der Waals surface area contributed by atoms with E-state index < -0.39 is 16.1 Å². The molecule has 9 heteroatoms. The summed E-state index contributed by atoms with van der Waals surface area (Å²) in [6, 6.07) is 5.57. The predicted octanol–water partition coefficient (Wildman–Crippen LogP) is 1.31.